The molecule has 1 saturated heterocycles. The number of halogens is 2. The van der Waals surface area contributed by atoms with E-state index >= 15 is 4.39 Å². The van der Waals surface area contributed by atoms with E-state index in [1.807, 2.05) is 35.2 Å². The number of nitrogens with zero attached hydrogens (tertiary/aromatic N) is 4. The van der Waals surface area contributed by atoms with E-state index in [9.17, 15) is 9.59 Å². The van der Waals surface area contributed by atoms with E-state index in [1.54, 1.807) is 31.4 Å². The van der Waals surface area contributed by atoms with Gasteiger partial charge in [0.05, 0.1) is 31.4 Å². The van der Waals surface area contributed by atoms with Crippen molar-refractivity contribution < 1.29 is 18.7 Å². The van der Waals surface area contributed by atoms with Crippen LogP contribution in [0.25, 0.3) is 21.7 Å². The number of fused-ring (bicyclic) bond motifs is 1. The van der Waals surface area contributed by atoms with Crippen molar-refractivity contribution in [3.63, 3.8) is 0 Å². The molecule has 44 heavy (non-hydrogen) atoms. The maximum absolute atomic E-state index is 15.4. The third-order valence-corrected chi connectivity index (χ3v) is 8.91. The Labute approximate surface area is 261 Å². The van der Waals surface area contributed by atoms with Gasteiger partial charge in [0.25, 0.3) is 5.56 Å². The van der Waals surface area contributed by atoms with Gasteiger partial charge >= 0.3 is 0 Å². The molecule has 1 aliphatic heterocycles. The van der Waals surface area contributed by atoms with Gasteiger partial charge in [0.1, 0.15) is 23.4 Å². The zero-order chi connectivity index (χ0) is 30.8. The van der Waals surface area contributed by atoms with Gasteiger partial charge in [-0.05, 0) is 42.7 Å². The number of nitrogens with one attached hydrogen (secondary N) is 1. The van der Waals surface area contributed by atoms with Crippen LogP contribution in [0.4, 0.5) is 9.52 Å². The molecule has 0 unspecified atom stereocenters. The third-order valence-electron chi connectivity index (χ3n) is 7.63. The first-order valence-corrected chi connectivity index (χ1v) is 15.2. The van der Waals surface area contributed by atoms with Crippen LogP contribution in [0.2, 0.25) is 5.02 Å². The number of aromatic nitrogens is 3. The number of carbonyl (C=O) groups excluding carboxylic acids is 1. The monoisotopic (exact) mass is 633 g/mol. The minimum absolute atomic E-state index is 0.0251. The summed E-state index contributed by atoms with van der Waals surface area (Å²) in [5, 5.41) is 3.45. The lowest BCUT2D eigenvalue weighted by molar-refractivity contribution is -0.122. The third kappa shape index (κ3) is 5.72. The van der Waals surface area contributed by atoms with E-state index in [0.29, 0.717) is 46.5 Å². The van der Waals surface area contributed by atoms with E-state index in [0.717, 1.165) is 12.0 Å². The van der Waals surface area contributed by atoms with E-state index in [4.69, 9.17) is 26.1 Å². The van der Waals surface area contributed by atoms with Crippen LogP contribution in [0.15, 0.2) is 71.5 Å². The second-order valence-corrected chi connectivity index (χ2v) is 11.7. The largest absolute Gasteiger partial charge is 0.497 e. The van der Waals surface area contributed by atoms with Gasteiger partial charge in [-0.15, -0.1) is 0 Å². The van der Waals surface area contributed by atoms with Crippen molar-refractivity contribution in [3.8, 4) is 22.9 Å². The molecule has 12 heteroatoms. The Hall–Kier alpha value is -4.48. The van der Waals surface area contributed by atoms with Crippen molar-refractivity contribution in [3.05, 3.63) is 99.1 Å². The topological polar surface area (TPSA) is 98.6 Å². The minimum Gasteiger partial charge on any atom is -0.497 e. The zero-order valence-corrected chi connectivity index (χ0v) is 25.6. The Morgan fingerprint density at radius 1 is 1.09 bits per heavy atom. The molecule has 1 N–H and O–H groups in total. The summed E-state index contributed by atoms with van der Waals surface area (Å²) in [6, 6.07) is 19.1. The molecule has 226 valence electrons. The van der Waals surface area contributed by atoms with Crippen molar-refractivity contribution in [2.24, 2.45) is 0 Å². The molecule has 3 heterocycles. The average Bonchev–Trinajstić information content (AvgIpc) is 3.71. The molecule has 5 aromatic rings. The van der Waals surface area contributed by atoms with Crippen molar-refractivity contribution in [1.29, 1.82) is 0 Å². The summed E-state index contributed by atoms with van der Waals surface area (Å²) in [5.74, 6) is 0.396. The number of amides is 1. The fraction of sp³-hybridized carbons (Fsp3) is 0.250. The molecule has 0 spiro atoms. The van der Waals surface area contributed by atoms with Crippen LogP contribution < -0.4 is 25.2 Å². The lowest BCUT2D eigenvalue weighted by atomic mass is 10.1. The molecule has 3 aromatic carbocycles. The van der Waals surface area contributed by atoms with Crippen LogP contribution in [-0.2, 0) is 17.9 Å². The highest BCUT2D eigenvalue weighted by Gasteiger charge is 2.33. The number of methoxy groups -OCH3 is 2. The van der Waals surface area contributed by atoms with Gasteiger partial charge in [0.15, 0.2) is 21.3 Å². The van der Waals surface area contributed by atoms with Crippen LogP contribution in [0.3, 0.4) is 0 Å². The molecule has 2 aromatic heterocycles. The summed E-state index contributed by atoms with van der Waals surface area (Å²) in [4.78, 5) is 39.0. The van der Waals surface area contributed by atoms with Gasteiger partial charge in [-0.25, -0.2) is 14.4 Å². The molecular formula is C32H29ClFN5O4S. The van der Waals surface area contributed by atoms with E-state index in [2.05, 4.69) is 10.3 Å². The molecular weight excluding hydrogens is 605 g/mol. The molecule has 9 nitrogen and oxygen atoms in total. The van der Waals surface area contributed by atoms with E-state index < -0.39 is 17.4 Å². The van der Waals surface area contributed by atoms with Crippen molar-refractivity contribution in [1.82, 2.24) is 19.9 Å². The highest BCUT2D eigenvalue weighted by atomic mass is 35.5. The zero-order valence-electron chi connectivity index (χ0n) is 24.0. The first-order valence-electron chi connectivity index (χ1n) is 14.0. The summed E-state index contributed by atoms with van der Waals surface area (Å²) >= 11 is 7.34. The molecule has 6 rings (SSSR count). The second-order valence-electron chi connectivity index (χ2n) is 10.3. The number of carbonyl (C=O) groups is 1. The summed E-state index contributed by atoms with van der Waals surface area (Å²) in [6.45, 7) is 1.05. The summed E-state index contributed by atoms with van der Waals surface area (Å²) < 4.78 is 27.6. The number of hydrogen-bond acceptors (Lipinski definition) is 8. The standard InChI is InChI=1S/C32H29ClFN5O4S/c1-42-21-14-13-20(25(16-21)43-2)18-39-28(22-10-6-11-23(33)26(22)34)37-30-27(31(39)41)36-32(44-30)38-15-7-12-24(38)29(40)35-17-19-8-4-3-5-9-19/h3-6,8-11,13-14,16,24H,7,12,15,17-18H2,1-2H3,(H,35,40)/t24-/m1/s1. The molecule has 0 bridgehead atoms. The Balaban J connectivity index is 1.40. The lowest BCUT2D eigenvalue weighted by Gasteiger charge is -2.23. The fourth-order valence-corrected chi connectivity index (χ4v) is 6.55. The Morgan fingerprint density at radius 3 is 2.68 bits per heavy atom. The van der Waals surface area contributed by atoms with Gasteiger partial charge in [-0.2, -0.15) is 0 Å². The van der Waals surface area contributed by atoms with Crippen LogP contribution in [0.1, 0.15) is 24.0 Å². The van der Waals surface area contributed by atoms with E-state index in [-0.39, 0.29) is 34.4 Å². The molecule has 0 radical (unpaired) electrons. The van der Waals surface area contributed by atoms with Gasteiger partial charge in [0, 0.05) is 24.7 Å². The summed E-state index contributed by atoms with van der Waals surface area (Å²) in [7, 11) is 3.07. The summed E-state index contributed by atoms with van der Waals surface area (Å²) in [5.41, 5.74) is 1.43. The molecule has 1 amide bonds. The number of ether oxygens (including phenoxy) is 2. The van der Waals surface area contributed by atoms with Crippen LogP contribution in [0, 0.1) is 5.82 Å². The number of hydrogen-bond donors (Lipinski definition) is 1. The first kappa shape index (κ1) is 29.6. The van der Waals surface area contributed by atoms with Crippen molar-refractivity contribution >= 4 is 44.3 Å². The van der Waals surface area contributed by atoms with Crippen LogP contribution in [0.5, 0.6) is 11.5 Å². The fourth-order valence-electron chi connectivity index (χ4n) is 5.37. The Morgan fingerprint density at radius 2 is 1.91 bits per heavy atom. The minimum atomic E-state index is -0.685. The van der Waals surface area contributed by atoms with Gasteiger partial charge < -0.3 is 19.7 Å². The number of benzene rings is 3. The van der Waals surface area contributed by atoms with Crippen LogP contribution in [-0.4, -0.2) is 47.2 Å². The number of rotatable bonds is 9. The van der Waals surface area contributed by atoms with Crippen molar-refractivity contribution in [2.75, 3.05) is 25.7 Å². The molecule has 0 aliphatic carbocycles. The predicted octanol–water partition coefficient (Wildman–Crippen LogP) is 5.66. The molecule has 1 aliphatic rings. The predicted molar refractivity (Wildman–Crippen MR) is 169 cm³/mol. The van der Waals surface area contributed by atoms with Gasteiger partial charge in [-0.3, -0.25) is 14.2 Å². The van der Waals surface area contributed by atoms with Crippen molar-refractivity contribution in [2.45, 2.75) is 32.0 Å². The highest BCUT2D eigenvalue weighted by molar-refractivity contribution is 7.21. The quantitative estimate of drug-likeness (QED) is 0.224. The first-order chi connectivity index (χ1) is 21.4. The maximum Gasteiger partial charge on any atom is 0.281 e. The number of thiazole rings is 1. The molecule has 0 saturated carbocycles. The maximum atomic E-state index is 15.4. The molecule has 1 atom stereocenters. The molecule has 1 fully saturated rings. The normalized spacial score (nSPS) is 14.6. The Bertz CT molecular complexity index is 1900. The Kier molecular flexibility index (Phi) is 8.49. The number of anilines is 1. The van der Waals surface area contributed by atoms with Crippen LogP contribution >= 0.6 is 22.9 Å². The van der Waals surface area contributed by atoms with E-state index in [1.165, 1.54) is 35.1 Å². The van der Waals surface area contributed by atoms with Gasteiger partial charge in [0.2, 0.25) is 5.91 Å². The van der Waals surface area contributed by atoms with Gasteiger partial charge in [-0.1, -0.05) is 59.3 Å². The SMILES string of the molecule is COc1ccc(Cn2c(-c3cccc(Cl)c3F)nc3sc(N4CCC[C@@H]4C(=O)NCc4ccccc4)nc3c2=O)c(OC)c1. The summed E-state index contributed by atoms with van der Waals surface area (Å²) in [6.07, 6.45) is 1.46. The smallest absolute Gasteiger partial charge is 0.281 e. The second kappa shape index (κ2) is 12.6. The lowest BCUT2D eigenvalue weighted by Crippen LogP contribution is -2.43. The highest BCUT2D eigenvalue weighted by Crippen LogP contribution is 2.34. The average molecular weight is 634 g/mol.